The molecule has 1 saturated heterocycles. The van der Waals surface area contributed by atoms with E-state index < -0.39 is 0 Å². The molecule has 2 unspecified atom stereocenters. The first kappa shape index (κ1) is 10.4. The molecule has 2 nitrogen and oxygen atoms in total. The molecule has 1 rings (SSSR count). The Bertz CT molecular complexity index is 130. The molecule has 0 spiro atoms. The van der Waals surface area contributed by atoms with Gasteiger partial charge in [0.05, 0.1) is 6.61 Å². The van der Waals surface area contributed by atoms with E-state index in [0.717, 1.165) is 19.6 Å². The van der Waals surface area contributed by atoms with E-state index in [4.69, 9.17) is 4.74 Å². The molecular weight excluding hydrogens is 170 g/mol. The molecule has 72 valence electrons. The Morgan fingerprint density at radius 3 is 2.83 bits per heavy atom. The van der Waals surface area contributed by atoms with Crippen LogP contribution in [0.5, 0.6) is 0 Å². The molecule has 0 aromatic rings. The highest BCUT2D eigenvalue weighted by molar-refractivity contribution is 8.00. The summed E-state index contributed by atoms with van der Waals surface area (Å²) in [6, 6.07) is 0.645. The lowest BCUT2D eigenvalue weighted by molar-refractivity contribution is 0.0849. The van der Waals surface area contributed by atoms with E-state index in [1.54, 1.807) is 0 Å². The highest BCUT2D eigenvalue weighted by Crippen LogP contribution is 2.24. The van der Waals surface area contributed by atoms with Crippen LogP contribution in [0.4, 0.5) is 0 Å². The van der Waals surface area contributed by atoms with E-state index in [-0.39, 0.29) is 0 Å². The summed E-state index contributed by atoms with van der Waals surface area (Å²) in [7, 11) is 2.05. The number of hydrogen-bond acceptors (Lipinski definition) is 3. The first-order valence-corrected chi connectivity index (χ1v) is 5.58. The SMILES string of the molecule is CNC1CCOCC1SC(C)C. The molecule has 1 aliphatic heterocycles. The summed E-state index contributed by atoms with van der Waals surface area (Å²) in [6.07, 6.45) is 1.15. The minimum Gasteiger partial charge on any atom is -0.380 e. The van der Waals surface area contributed by atoms with Crippen molar-refractivity contribution in [2.24, 2.45) is 0 Å². The van der Waals surface area contributed by atoms with Crippen molar-refractivity contribution >= 4 is 11.8 Å². The molecule has 1 aliphatic rings. The van der Waals surface area contributed by atoms with Crippen LogP contribution in [0, 0.1) is 0 Å². The summed E-state index contributed by atoms with van der Waals surface area (Å²) < 4.78 is 5.45. The molecule has 0 aliphatic carbocycles. The van der Waals surface area contributed by atoms with Crippen LogP contribution in [0.15, 0.2) is 0 Å². The van der Waals surface area contributed by atoms with Crippen LogP contribution in [0.1, 0.15) is 20.3 Å². The molecule has 0 saturated carbocycles. The van der Waals surface area contributed by atoms with Gasteiger partial charge in [0.1, 0.15) is 0 Å². The van der Waals surface area contributed by atoms with Crippen molar-refractivity contribution < 1.29 is 4.74 Å². The van der Waals surface area contributed by atoms with Crippen molar-refractivity contribution in [1.82, 2.24) is 5.32 Å². The van der Waals surface area contributed by atoms with E-state index >= 15 is 0 Å². The van der Waals surface area contributed by atoms with Gasteiger partial charge in [-0.05, 0) is 18.7 Å². The second-order valence-corrected chi connectivity index (χ2v) is 5.30. The first-order valence-electron chi connectivity index (χ1n) is 4.64. The van der Waals surface area contributed by atoms with Gasteiger partial charge in [0.25, 0.3) is 0 Å². The molecule has 1 heterocycles. The Hall–Kier alpha value is 0.270. The highest BCUT2D eigenvalue weighted by atomic mass is 32.2. The van der Waals surface area contributed by atoms with Gasteiger partial charge in [-0.25, -0.2) is 0 Å². The molecular formula is C9H19NOS. The van der Waals surface area contributed by atoms with E-state index in [0.29, 0.717) is 16.5 Å². The molecule has 0 radical (unpaired) electrons. The van der Waals surface area contributed by atoms with Crippen LogP contribution in [-0.4, -0.2) is 36.8 Å². The quantitative estimate of drug-likeness (QED) is 0.727. The fourth-order valence-electron chi connectivity index (χ4n) is 1.53. The summed E-state index contributed by atoms with van der Waals surface area (Å²) in [4.78, 5) is 0. The molecule has 1 fully saturated rings. The van der Waals surface area contributed by atoms with E-state index in [1.807, 2.05) is 18.8 Å². The predicted octanol–water partition coefficient (Wildman–Crippen LogP) is 1.50. The average molecular weight is 189 g/mol. The fourth-order valence-corrected chi connectivity index (χ4v) is 2.86. The summed E-state index contributed by atoms with van der Waals surface area (Å²) in [6.45, 7) is 6.31. The van der Waals surface area contributed by atoms with Gasteiger partial charge in [-0.1, -0.05) is 13.8 Å². The summed E-state index contributed by atoms with van der Waals surface area (Å²) in [5, 5.41) is 4.70. The van der Waals surface area contributed by atoms with Gasteiger partial charge in [-0.15, -0.1) is 0 Å². The first-order chi connectivity index (χ1) is 5.74. The van der Waals surface area contributed by atoms with Gasteiger partial charge < -0.3 is 10.1 Å². The molecule has 0 amide bonds. The number of hydrogen-bond donors (Lipinski definition) is 1. The highest BCUT2D eigenvalue weighted by Gasteiger charge is 2.25. The van der Waals surface area contributed by atoms with Crippen molar-refractivity contribution in [2.75, 3.05) is 20.3 Å². The third-order valence-corrected chi connectivity index (χ3v) is 3.48. The summed E-state index contributed by atoms with van der Waals surface area (Å²) in [5.41, 5.74) is 0. The Balaban J connectivity index is 2.36. The van der Waals surface area contributed by atoms with E-state index in [9.17, 15) is 0 Å². The van der Waals surface area contributed by atoms with Crippen LogP contribution in [0.25, 0.3) is 0 Å². The lowest BCUT2D eigenvalue weighted by atomic mass is 10.1. The maximum Gasteiger partial charge on any atom is 0.0600 e. The van der Waals surface area contributed by atoms with Crippen LogP contribution >= 0.6 is 11.8 Å². The summed E-state index contributed by atoms with van der Waals surface area (Å²) >= 11 is 2.02. The number of rotatable bonds is 3. The smallest absolute Gasteiger partial charge is 0.0600 e. The molecule has 3 heteroatoms. The van der Waals surface area contributed by atoms with E-state index in [2.05, 4.69) is 19.2 Å². The zero-order chi connectivity index (χ0) is 8.97. The van der Waals surface area contributed by atoms with Gasteiger partial charge in [0, 0.05) is 17.9 Å². The third kappa shape index (κ3) is 2.96. The average Bonchev–Trinajstić information content (AvgIpc) is 2.04. The summed E-state index contributed by atoms with van der Waals surface area (Å²) in [5.74, 6) is 0. The predicted molar refractivity (Wildman–Crippen MR) is 54.8 cm³/mol. The molecule has 0 aromatic carbocycles. The van der Waals surface area contributed by atoms with Crippen molar-refractivity contribution in [3.63, 3.8) is 0 Å². The normalized spacial score (nSPS) is 31.0. The Labute approximate surface area is 79.4 Å². The van der Waals surface area contributed by atoms with Crippen molar-refractivity contribution in [1.29, 1.82) is 0 Å². The van der Waals surface area contributed by atoms with Crippen LogP contribution in [-0.2, 0) is 4.74 Å². The Kier molecular flexibility index (Phi) is 4.40. The monoisotopic (exact) mass is 189 g/mol. The largest absolute Gasteiger partial charge is 0.380 e. The molecule has 1 N–H and O–H groups in total. The topological polar surface area (TPSA) is 21.3 Å². The third-order valence-electron chi connectivity index (χ3n) is 2.12. The zero-order valence-electron chi connectivity index (χ0n) is 8.17. The van der Waals surface area contributed by atoms with Gasteiger partial charge in [-0.3, -0.25) is 0 Å². The second kappa shape index (κ2) is 5.10. The molecule has 2 atom stereocenters. The maximum atomic E-state index is 5.45. The zero-order valence-corrected chi connectivity index (χ0v) is 8.99. The van der Waals surface area contributed by atoms with Crippen molar-refractivity contribution in [3.05, 3.63) is 0 Å². The van der Waals surface area contributed by atoms with Gasteiger partial charge in [0.15, 0.2) is 0 Å². The van der Waals surface area contributed by atoms with Gasteiger partial charge >= 0.3 is 0 Å². The standard InChI is InChI=1S/C9H19NOS/c1-7(2)12-9-6-11-5-4-8(9)10-3/h7-10H,4-6H2,1-3H3. The van der Waals surface area contributed by atoms with Gasteiger partial charge in [-0.2, -0.15) is 11.8 Å². The van der Waals surface area contributed by atoms with Crippen LogP contribution in [0.2, 0.25) is 0 Å². The van der Waals surface area contributed by atoms with Crippen molar-refractivity contribution in [2.45, 2.75) is 36.8 Å². The van der Waals surface area contributed by atoms with Crippen LogP contribution < -0.4 is 5.32 Å². The van der Waals surface area contributed by atoms with Crippen molar-refractivity contribution in [3.8, 4) is 0 Å². The fraction of sp³-hybridized carbons (Fsp3) is 1.00. The second-order valence-electron chi connectivity index (χ2n) is 3.48. The van der Waals surface area contributed by atoms with Crippen LogP contribution in [0.3, 0.4) is 0 Å². The lowest BCUT2D eigenvalue weighted by Gasteiger charge is -2.31. The number of thioether (sulfide) groups is 1. The minimum atomic E-state index is 0.642. The van der Waals surface area contributed by atoms with Gasteiger partial charge in [0.2, 0.25) is 0 Å². The minimum absolute atomic E-state index is 0.642. The Morgan fingerprint density at radius 2 is 2.25 bits per heavy atom. The van der Waals surface area contributed by atoms with E-state index in [1.165, 1.54) is 0 Å². The molecule has 12 heavy (non-hydrogen) atoms. The number of ether oxygens (including phenoxy) is 1. The maximum absolute atomic E-state index is 5.45. The Morgan fingerprint density at radius 1 is 1.50 bits per heavy atom. The molecule has 0 aromatic heterocycles. The molecule has 0 bridgehead atoms. The number of nitrogens with one attached hydrogen (secondary N) is 1. The lowest BCUT2D eigenvalue weighted by Crippen LogP contribution is -2.43.